The van der Waals surface area contributed by atoms with Crippen molar-refractivity contribution in [1.82, 2.24) is 5.32 Å². The molecule has 0 bridgehead atoms. The number of nitrogens with one attached hydrogen (secondary N) is 1. The van der Waals surface area contributed by atoms with Crippen molar-refractivity contribution in [1.29, 1.82) is 0 Å². The van der Waals surface area contributed by atoms with E-state index in [-0.39, 0.29) is 11.0 Å². The van der Waals surface area contributed by atoms with Crippen molar-refractivity contribution in [2.45, 2.75) is 12.7 Å². The number of nitrogens with zero attached hydrogens (tertiary/aromatic N) is 1. The Labute approximate surface area is 123 Å². The summed E-state index contributed by atoms with van der Waals surface area (Å²) in [5.74, 6) is -0.765. The van der Waals surface area contributed by atoms with Crippen molar-refractivity contribution in [3.8, 4) is 0 Å². The molecule has 0 radical (unpaired) electrons. The molecule has 21 heavy (non-hydrogen) atoms. The van der Waals surface area contributed by atoms with Crippen molar-refractivity contribution in [2.24, 2.45) is 0 Å². The summed E-state index contributed by atoms with van der Waals surface area (Å²) in [6.07, 6.45) is 0. The van der Waals surface area contributed by atoms with Crippen LogP contribution in [0.2, 0.25) is 0 Å². The Bertz CT molecular complexity index is 618. The predicted octanol–water partition coefficient (Wildman–Crippen LogP) is -1.12. The highest BCUT2D eigenvalue weighted by Gasteiger charge is 2.22. The summed E-state index contributed by atoms with van der Waals surface area (Å²) in [5, 5.41) is 21.9. The third kappa shape index (κ3) is 4.16. The van der Waals surface area contributed by atoms with Crippen LogP contribution in [0.4, 0.5) is 9.57 Å². The largest absolute Gasteiger partial charge is 0.488 e. The first-order valence-electron chi connectivity index (χ1n) is 6.65. The fraction of sp³-hybridized carbons (Fsp3) is 0.500. The van der Waals surface area contributed by atoms with Crippen molar-refractivity contribution >= 4 is 28.5 Å². The number of halogens is 1. The summed E-state index contributed by atoms with van der Waals surface area (Å²) < 4.78 is 34.8. The van der Waals surface area contributed by atoms with Gasteiger partial charge in [-0.05, 0) is 29.6 Å². The molecule has 9 heteroatoms. The van der Waals surface area contributed by atoms with Gasteiger partial charge in [0.1, 0.15) is 5.75 Å². The third-order valence-corrected chi connectivity index (χ3v) is 4.25. The van der Waals surface area contributed by atoms with Crippen molar-refractivity contribution in [2.75, 3.05) is 31.1 Å². The molecule has 1 fully saturated rings. The van der Waals surface area contributed by atoms with E-state index in [1.54, 1.807) is 13.0 Å². The highest BCUT2D eigenvalue weighted by Crippen LogP contribution is 2.24. The quantitative estimate of drug-likeness (QED) is 0.482. The second-order valence-electron chi connectivity index (χ2n) is 5.12. The lowest BCUT2D eigenvalue weighted by Crippen LogP contribution is -2.44. The summed E-state index contributed by atoms with van der Waals surface area (Å²) in [4.78, 5) is 2.02. The Kier molecular flexibility index (Phi) is 4.87. The van der Waals surface area contributed by atoms with E-state index in [0.717, 1.165) is 13.1 Å². The van der Waals surface area contributed by atoms with Crippen LogP contribution in [0.3, 0.4) is 0 Å². The molecule has 2 rings (SSSR count). The maximum atomic E-state index is 13.0. The van der Waals surface area contributed by atoms with Gasteiger partial charge in [0.2, 0.25) is 0 Å². The third-order valence-electron chi connectivity index (χ3n) is 3.59. The van der Waals surface area contributed by atoms with Crippen LogP contribution < -0.4 is 15.7 Å². The average Bonchev–Trinajstić information content (AvgIpc) is 2.40. The molecule has 116 valence electrons. The van der Waals surface area contributed by atoms with E-state index >= 15 is 0 Å². The second-order valence-corrected chi connectivity index (χ2v) is 6.48. The van der Waals surface area contributed by atoms with Crippen LogP contribution in [0.5, 0.6) is 0 Å². The van der Waals surface area contributed by atoms with Gasteiger partial charge in [0, 0.05) is 31.9 Å². The zero-order valence-electron chi connectivity index (χ0n) is 11.7. The Balaban J connectivity index is 2.47. The van der Waals surface area contributed by atoms with Gasteiger partial charge in [0.05, 0.1) is 0 Å². The average molecular weight is 316 g/mol. The molecule has 1 aromatic rings. The van der Waals surface area contributed by atoms with Gasteiger partial charge in [0.15, 0.2) is 0 Å². The first-order chi connectivity index (χ1) is 9.78. The maximum absolute atomic E-state index is 13.0. The molecule has 3 N–H and O–H groups in total. The number of hydrogen-bond donors (Lipinski definition) is 3. The Morgan fingerprint density at radius 3 is 2.48 bits per heavy atom. The maximum Gasteiger partial charge on any atom is 0.488 e. The molecule has 0 atom stereocenters. The van der Waals surface area contributed by atoms with Gasteiger partial charge in [-0.3, -0.25) is 0 Å². The lowest BCUT2D eigenvalue weighted by atomic mass is 9.78. The smallest absolute Gasteiger partial charge is 0.423 e. The van der Waals surface area contributed by atoms with E-state index in [1.807, 2.05) is 4.90 Å². The first-order valence-corrected chi connectivity index (χ1v) is 8.21. The van der Waals surface area contributed by atoms with E-state index in [4.69, 9.17) is 0 Å². The van der Waals surface area contributed by atoms with E-state index in [2.05, 4.69) is 5.32 Å². The normalized spacial score (nSPS) is 16.1. The van der Waals surface area contributed by atoms with Gasteiger partial charge in [-0.1, -0.05) is 6.07 Å². The molecule has 6 nitrogen and oxygen atoms in total. The van der Waals surface area contributed by atoms with Crippen LogP contribution in [0.15, 0.2) is 12.1 Å². The molecule has 1 heterocycles. The summed E-state index contributed by atoms with van der Waals surface area (Å²) >= 11 is 0. The Morgan fingerprint density at radius 2 is 1.95 bits per heavy atom. The zero-order chi connectivity index (χ0) is 15.6. The van der Waals surface area contributed by atoms with Crippen LogP contribution in [-0.4, -0.2) is 51.8 Å². The molecule has 0 aromatic heterocycles. The number of rotatable bonds is 4. The van der Waals surface area contributed by atoms with Crippen LogP contribution in [-0.2, 0) is 16.0 Å². The fourth-order valence-electron chi connectivity index (χ4n) is 2.50. The minimum Gasteiger partial charge on any atom is -0.423 e. The van der Waals surface area contributed by atoms with Crippen molar-refractivity contribution in [3.05, 3.63) is 23.3 Å². The molecule has 0 aliphatic carbocycles. The number of anilines is 1. The molecule has 0 saturated carbocycles. The molecule has 1 aromatic carbocycles. The standard InChI is InChI=1S/C12H18BFN2O4S/c1-9-10(8-21(14,19)20)6-11(13(17)18)7-12(9)16-4-2-15-3-5-16/h6-7,15,17-18H,2-5,8H2,1H3. The molecular weight excluding hydrogens is 298 g/mol. The van der Waals surface area contributed by atoms with Crippen LogP contribution in [0, 0.1) is 6.92 Å². The summed E-state index contributed by atoms with van der Waals surface area (Å²) in [6, 6.07) is 2.93. The molecule has 0 amide bonds. The minimum absolute atomic E-state index is 0.160. The molecule has 1 aliphatic rings. The second kappa shape index (κ2) is 6.31. The predicted molar refractivity (Wildman–Crippen MR) is 79.8 cm³/mol. The SMILES string of the molecule is Cc1c(CS(=O)(=O)F)cc(B(O)O)cc1N1CCNCC1. The van der Waals surface area contributed by atoms with E-state index < -0.39 is 23.1 Å². The van der Waals surface area contributed by atoms with Gasteiger partial charge in [-0.25, -0.2) is 0 Å². The van der Waals surface area contributed by atoms with E-state index in [1.165, 1.54) is 6.07 Å². The van der Waals surface area contributed by atoms with Crippen LogP contribution >= 0.6 is 0 Å². The number of benzene rings is 1. The molecule has 0 unspecified atom stereocenters. The zero-order valence-corrected chi connectivity index (χ0v) is 12.5. The monoisotopic (exact) mass is 316 g/mol. The van der Waals surface area contributed by atoms with Gasteiger partial charge < -0.3 is 20.3 Å². The number of piperazine rings is 1. The van der Waals surface area contributed by atoms with Crippen LogP contribution in [0.25, 0.3) is 0 Å². The number of hydrogen-bond acceptors (Lipinski definition) is 6. The summed E-state index contributed by atoms with van der Waals surface area (Å²) in [5.41, 5.74) is 1.76. The van der Waals surface area contributed by atoms with Gasteiger partial charge in [-0.15, -0.1) is 3.89 Å². The van der Waals surface area contributed by atoms with Crippen molar-refractivity contribution in [3.63, 3.8) is 0 Å². The highest BCUT2D eigenvalue weighted by atomic mass is 32.3. The van der Waals surface area contributed by atoms with Gasteiger partial charge >= 0.3 is 17.3 Å². The lowest BCUT2D eigenvalue weighted by Gasteiger charge is -2.31. The van der Waals surface area contributed by atoms with E-state index in [9.17, 15) is 22.4 Å². The molecular formula is C12H18BFN2O4S. The molecule has 1 saturated heterocycles. The molecule has 1 aliphatic heterocycles. The Morgan fingerprint density at radius 1 is 1.33 bits per heavy atom. The van der Waals surface area contributed by atoms with Crippen LogP contribution in [0.1, 0.15) is 11.1 Å². The topological polar surface area (TPSA) is 89.9 Å². The Hall–Kier alpha value is -1.16. The summed E-state index contributed by atoms with van der Waals surface area (Å²) in [7, 11) is -6.41. The van der Waals surface area contributed by atoms with Gasteiger partial charge in [-0.2, -0.15) is 8.42 Å². The highest BCUT2D eigenvalue weighted by molar-refractivity contribution is 7.85. The van der Waals surface area contributed by atoms with Crippen molar-refractivity contribution < 1.29 is 22.4 Å². The summed E-state index contributed by atoms with van der Waals surface area (Å²) in [6.45, 7) is 4.71. The minimum atomic E-state index is -4.68. The van der Waals surface area contributed by atoms with Gasteiger partial charge in [0.25, 0.3) is 0 Å². The molecule has 0 spiro atoms. The van der Waals surface area contributed by atoms with E-state index in [0.29, 0.717) is 24.3 Å². The lowest BCUT2D eigenvalue weighted by molar-refractivity contribution is 0.425. The fourth-order valence-corrected chi connectivity index (χ4v) is 3.17. The first kappa shape index (κ1) is 16.2.